The summed E-state index contributed by atoms with van der Waals surface area (Å²) in [7, 11) is 0. The summed E-state index contributed by atoms with van der Waals surface area (Å²) >= 11 is 0. The highest BCUT2D eigenvalue weighted by Gasteiger charge is 2.05. The van der Waals surface area contributed by atoms with Crippen LogP contribution >= 0.6 is 0 Å². The number of hydrogen-bond acceptors (Lipinski definition) is 6. The van der Waals surface area contributed by atoms with E-state index < -0.39 is 0 Å². The predicted octanol–water partition coefficient (Wildman–Crippen LogP) is 0.450. The van der Waals surface area contributed by atoms with Crippen LogP contribution in [0, 0.1) is 0 Å². The molecule has 0 saturated carbocycles. The van der Waals surface area contributed by atoms with E-state index in [0.717, 1.165) is 13.1 Å². The van der Waals surface area contributed by atoms with Crippen molar-refractivity contribution in [1.82, 2.24) is 5.32 Å². The van der Waals surface area contributed by atoms with Crippen LogP contribution in [0.25, 0.3) is 0 Å². The Kier molecular flexibility index (Phi) is 11.1. The van der Waals surface area contributed by atoms with Gasteiger partial charge in [0.25, 0.3) is 0 Å². The lowest BCUT2D eigenvalue weighted by Gasteiger charge is -2.18. The fourth-order valence-corrected chi connectivity index (χ4v) is 1.77. The Morgan fingerprint density at radius 1 is 0.600 bits per heavy atom. The predicted molar refractivity (Wildman–Crippen MR) is 76.2 cm³/mol. The third kappa shape index (κ3) is 10.5. The molecule has 0 aliphatic carbocycles. The van der Waals surface area contributed by atoms with E-state index >= 15 is 0 Å². The molecule has 0 spiro atoms. The Morgan fingerprint density at radius 3 is 1.35 bits per heavy atom. The van der Waals surface area contributed by atoms with Crippen molar-refractivity contribution in [3.63, 3.8) is 0 Å². The average Bonchev–Trinajstić information content (AvgIpc) is 2.43. The fraction of sp³-hybridized carbons (Fsp3) is 1.00. The number of hydrogen-bond donors (Lipinski definition) is 1. The molecule has 20 heavy (non-hydrogen) atoms. The van der Waals surface area contributed by atoms with Crippen LogP contribution in [0.2, 0.25) is 0 Å². The van der Waals surface area contributed by atoms with E-state index in [-0.39, 0.29) is 12.2 Å². The smallest absolute Gasteiger partial charge is 0.0704 e. The van der Waals surface area contributed by atoms with Gasteiger partial charge in [-0.2, -0.15) is 0 Å². The average molecular weight is 291 g/mol. The fourth-order valence-electron chi connectivity index (χ4n) is 1.77. The Morgan fingerprint density at radius 2 is 0.950 bits per heavy atom. The van der Waals surface area contributed by atoms with E-state index in [4.69, 9.17) is 23.7 Å². The van der Waals surface area contributed by atoms with Crippen molar-refractivity contribution in [2.24, 2.45) is 0 Å². The molecule has 1 aliphatic heterocycles. The van der Waals surface area contributed by atoms with Crippen LogP contribution in [0.4, 0.5) is 0 Å². The Hall–Kier alpha value is -0.240. The van der Waals surface area contributed by atoms with Gasteiger partial charge in [-0.1, -0.05) is 0 Å². The van der Waals surface area contributed by atoms with Gasteiger partial charge in [-0.05, 0) is 13.8 Å². The van der Waals surface area contributed by atoms with Gasteiger partial charge in [-0.3, -0.25) is 0 Å². The third-order valence-electron chi connectivity index (χ3n) is 2.87. The summed E-state index contributed by atoms with van der Waals surface area (Å²) in [6.07, 6.45) is 0.341. The first kappa shape index (κ1) is 17.8. The summed E-state index contributed by atoms with van der Waals surface area (Å²) in [6, 6.07) is 0. The van der Waals surface area contributed by atoms with Crippen LogP contribution in [0.3, 0.4) is 0 Å². The molecule has 0 aromatic rings. The molecule has 2 unspecified atom stereocenters. The zero-order valence-electron chi connectivity index (χ0n) is 12.8. The van der Waals surface area contributed by atoms with Crippen molar-refractivity contribution >= 4 is 0 Å². The summed E-state index contributed by atoms with van der Waals surface area (Å²) < 4.78 is 27.5. The summed E-state index contributed by atoms with van der Waals surface area (Å²) in [4.78, 5) is 0. The maximum absolute atomic E-state index is 5.63. The lowest BCUT2D eigenvalue weighted by molar-refractivity contribution is -0.0297. The maximum atomic E-state index is 5.63. The molecule has 2 atom stereocenters. The van der Waals surface area contributed by atoms with Crippen molar-refractivity contribution in [1.29, 1.82) is 0 Å². The molecule has 0 aromatic carbocycles. The monoisotopic (exact) mass is 291 g/mol. The maximum Gasteiger partial charge on any atom is 0.0704 e. The number of nitrogens with one attached hydrogen (secondary N) is 1. The van der Waals surface area contributed by atoms with Gasteiger partial charge in [-0.15, -0.1) is 0 Å². The Labute approximate surface area is 122 Å². The molecule has 0 radical (unpaired) electrons. The zero-order chi connectivity index (χ0) is 14.5. The van der Waals surface area contributed by atoms with Crippen LogP contribution in [0.5, 0.6) is 0 Å². The van der Waals surface area contributed by atoms with Gasteiger partial charge in [0.1, 0.15) is 0 Å². The van der Waals surface area contributed by atoms with Gasteiger partial charge in [0, 0.05) is 13.1 Å². The molecule has 1 saturated heterocycles. The molecule has 1 fully saturated rings. The van der Waals surface area contributed by atoms with Gasteiger partial charge in [-0.25, -0.2) is 0 Å². The van der Waals surface area contributed by atoms with Crippen LogP contribution in [-0.4, -0.2) is 78.2 Å². The highest BCUT2D eigenvalue weighted by Crippen LogP contribution is 1.93. The minimum absolute atomic E-state index is 0.171. The van der Waals surface area contributed by atoms with Crippen LogP contribution in [0.15, 0.2) is 0 Å². The quantitative estimate of drug-likeness (QED) is 0.699. The summed E-state index contributed by atoms with van der Waals surface area (Å²) in [5.41, 5.74) is 0. The van der Waals surface area contributed by atoms with Crippen LogP contribution in [-0.2, 0) is 23.7 Å². The van der Waals surface area contributed by atoms with Gasteiger partial charge >= 0.3 is 0 Å². The highest BCUT2D eigenvalue weighted by atomic mass is 16.6. The number of ether oxygens (including phenoxy) is 5. The number of rotatable bonds is 0. The van der Waals surface area contributed by atoms with Crippen molar-refractivity contribution in [2.45, 2.75) is 26.1 Å². The molecule has 1 heterocycles. The first-order valence-corrected chi connectivity index (χ1v) is 7.46. The summed E-state index contributed by atoms with van der Waals surface area (Å²) in [5.74, 6) is 0. The van der Waals surface area contributed by atoms with Gasteiger partial charge < -0.3 is 29.0 Å². The minimum Gasteiger partial charge on any atom is -0.377 e. The van der Waals surface area contributed by atoms with E-state index in [1.54, 1.807) is 0 Å². The van der Waals surface area contributed by atoms with Crippen molar-refractivity contribution in [2.75, 3.05) is 65.9 Å². The van der Waals surface area contributed by atoms with E-state index in [2.05, 4.69) is 5.32 Å². The van der Waals surface area contributed by atoms with Crippen LogP contribution < -0.4 is 5.32 Å². The normalized spacial score (nSPS) is 30.3. The molecule has 1 N–H and O–H groups in total. The molecular weight excluding hydrogens is 262 g/mol. The second-order valence-electron chi connectivity index (χ2n) is 4.86. The minimum atomic E-state index is 0.171. The molecular formula is C14H29NO5. The third-order valence-corrected chi connectivity index (χ3v) is 2.87. The van der Waals surface area contributed by atoms with Crippen molar-refractivity contribution < 1.29 is 23.7 Å². The Bertz CT molecular complexity index is 198. The first-order valence-electron chi connectivity index (χ1n) is 7.46. The molecule has 120 valence electrons. The second kappa shape index (κ2) is 12.5. The molecule has 0 bridgehead atoms. The van der Waals surface area contributed by atoms with Crippen molar-refractivity contribution in [3.05, 3.63) is 0 Å². The lowest BCUT2D eigenvalue weighted by Crippen LogP contribution is -2.34. The molecule has 6 heteroatoms. The van der Waals surface area contributed by atoms with E-state index in [0.29, 0.717) is 52.9 Å². The molecule has 6 nitrogen and oxygen atoms in total. The van der Waals surface area contributed by atoms with E-state index in [9.17, 15) is 0 Å². The van der Waals surface area contributed by atoms with E-state index in [1.807, 2.05) is 13.8 Å². The molecule has 0 aromatic heterocycles. The first-order chi connectivity index (χ1) is 9.79. The molecule has 0 amide bonds. The van der Waals surface area contributed by atoms with Gasteiger partial charge in [0.15, 0.2) is 0 Å². The van der Waals surface area contributed by atoms with Crippen molar-refractivity contribution in [3.8, 4) is 0 Å². The molecule has 1 rings (SSSR count). The van der Waals surface area contributed by atoms with Gasteiger partial charge in [0.05, 0.1) is 65.1 Å². The largest absolute Gasteiger partial charge is 0.377 e. The lowest BCUT2D eigenvalue weighted by atomic mass is 10.3. The SMILES string of the molecule is CC1CNCC(C)OCCOCCOCCOCCO1. The van der Waals surface area contributed by atoms with Crippen LogP contribution in [0.1, 0.15) is 13.8 Å². The van der Waals surface area contributed by atoms with E-state index in [1.165, 1.54) is 0 Å². The summed E-state index contributed by atoms with van der Waals surface area (Å²) in [6.45, 7) is 10.5. The summed E-state index contributed by atoms with van der Waals surface area (Å²) in [5, 5.41) is 3.34. The highest BCUT2D eigenvalue weighted by molar-refractivity contribution is 4.60. The molecule has 1 aliphatic rings. The zero-order valence-corrected chi connectivity index (χ0v) is 12.8. The Balaban J connectivity index is 2.17. The topological polar surface area (TPSA) is 58.2 Å². The standard InChI is InChI=1S/C14H29NO5/c1-13-11-15-12-14(2)20-10-8-18-6-4-16-3-5-17-7-9-19-13/h13-15H,3-12H2,1-2H3. The second-order valence-corrected chi connectivity index (χ2v) is 4.86. The van der Waals surface area contributed by atoms with Gasteiger partial charge in [0.2, 0.25) is 0 Å².